The monoisotopic (exact) mass is 498 g/mol. The summed E-state index contributed by atoms with van der Waals surface area (Å²) in [7, 11) is 0. The normalized spacial score (nSPS) is 32.6. The number of hydrogen-bond acceptors (Lipinski definition) is 4. The van der Waals surface area contributed by atoms with Crippen LogP contribution in [0.1, 0.15) is 74.9 Å². The third-order valence-corrected chi connectivity index (χ3v) is 6.97. The Morgan fingerprint density at radius 3 is 1.39 bits per heavy atom. The molecule has 33 heavy (non-hydrogen) atoms. The summed E-state index contributed by atoms with van der Waals surface area (Å²) in [6, 6.07) is 14.7. The number of ether oxygens (including phenoxy) is 2. The molecule has 0 amide bonds. The van der Waals surface area contributed by atoms with E-state index in [0.29, 0.717) is 23.2 Å². The van der Waals surface area contributed by atoms with Gasteiger partial charge >= 0.3 is 19.5 Å². The van der Waals surface area contributed by atoms with Crippen molar-refractivity contribution in [3.05, 3.63) is 70.3 Å². The smallest absolute Gasteiger partial charge is 0.872 e. The molecule has 0 bridgehead atoms. The van der Waals surface area contributed by atoms with Gasteiger partial charge in [0.1, 0.15) is 0 Å². The van der Waals surface area contributed by atoms with Crippen LogP contribution in [0.3, 0.4) is 0 Å². The maximum Gasteiger partial charge on any atom is 2.00 e. The van der Waals surface area contributed by atoms with E-state index in [1.165, 1.54) is 25.7 Å². The summed E-state index contributed by atoms with van der Waals surface area (Å²) in [5, 5.41) is 32.6. The minimum Gasteiger partial charge on any atom is -0.872 e. The average molecular weight is 500 g/mol. The van der Waals surface area contributed by atoms with Crippen LogP contribution in [0.4, 0.5) is 0 Å². The molecule has 2 saturated carbocycles. The van der Waals surface area contributed by atoms with Gasteiger partial charge in [-0.25, -0.2) is 0 Å². The zero-order chi connectivity index (χ0) is 21.9. The predicted molar refractivity (Wildman–Crippen MR) is 118 cm³/mol. The first-order valence-corrected chi connectivity index (χ1v) is 11.9. The van der Waals surface area contributed by atoms with Crippen molar-refractivity contribution in [1.82, 2.24) is 0 Å². The van der Waals surface area contributed by atoms with Gasteiger partial charge in [0.2, 0.25) is 0 Å². The molecule has 0 spiro atoms. The molecule has 6 nitrogen and oxygen atoms in total. The minimum atomic E-state index is -0.318. The Bertz CT molecular complexity index is 812. The van der Waals surface area contributed by atoms with Crippen molar-refractivity contribution in [2.45, 2.75) is 88.1 Å². The van der Waals surface area contributed by atoms with E-state index in [9.17, 15) is 10.2 Å². The third-order valence-electron chi connectivity index (χ3n) is 6.97. The standard InChI is InChI=1S/2C13H16NO2.Zn/c2*15-11-7-3-1-5-9(11)13-14-10-6-2-4-8-12(10)16-13;/h2*1,3,5,7,10,12-13,15H,2,4,6,8H2;/q2*-1;+2/p-2. The van der Waals surface area contributed by atoms with E-state index in [1.54, 1.807) is 24.3 Å². The van der Waals surface area contributed by atoms with Gasteiger partial charge in [-0.1, -0.05) is 87.1 Å². The van der Waals surface area contributed by atoms with Gasteiger partial charge in [0.25, 0.3) is 0 Å². The minimum absolute atomic E-state index is 0. The molecule has 4 fully saturated rings. The van der Waals surface area contributed by atoms with E-state index in [4.69, 9.17) is 9.47 Å². The second-order valence-electron chi connectivity index (χ2n) is 9.13. The van der Waals surface area contributed by atoms with Crippen molar-refractivity contribution in [3.8, 4) is 11.5 Å². The van der Waals surface area contributed by atoms with E-state index in [0.717, 1.165) is 25.7 Å². The molecule has 0 aromatic heterocycles. The van der Waals surface area contributed by atoms with Crippen molar-refractivity contribution in [1.29, 1.82) is 0 Å². The van der Waals surface area contributed by atoms with Crippen LogP contribution in [0, 0.1) is 0 Å². The molecule has 6 atom stereocenters. The summed E-state index contributed by atoms with van der Waals surface area (Å²) in [5.41, 5.74) is 1.38. The Morgan fingerprint density at radius 2 is 1.00 bits per heavy atom. The molecular weight excluding hydrogens is 470 g/mol. The topological polar surface area (TPSA) is 92.8 Å². The van der Waals surface area contributed by atoms with Crippen LogP contribution in [0.2, 0.25) is 0 Å². The molecule has 2 aromatic rings. The fourth-order valence-corrected chi connectivity index (χ4v) is 5.24. The van der Waals surface area contributed by atoms with Gasteiger partial charge < -0.3 is 30.3 Å². The summed E-state index contributed by atoms with van der Waals surface area (Å²) >= 11 is 0. The quantitative estimate of drug-likeness (QED) is 0.547. The molecule has 6 rings (SSSR count). The van der Waals surface area contributed by atoms with Crippen LogP contribution in [-0.2, 0) is 29.0 Å². The molecule has 6 unspecified atom stereocenters. The van der Waals surface area contributed by atoms with Gasteiger partial charge in [0, 0.05) is 12.2 Å². The first kappa shape index (κ1) is 24.6. The maximum absolute atomic E-state index is 11.7. The average Bonchev–Trinajstić information content (AvgIpc) is 3.44. The second-order valence-corrected chi connectivity index (χ2v) is 9.13. The van der Waals surface area contributed by atoms with E-state index < -0.39 is 0 Å². The second kappa shape index (κ2) is 11.3. The maximum atomic E-state index is 11.7. The van der Waals surface area contributed by atoms with Gasteiger partial charge in [0.15, 0.2) is 0 Å². The number of fused-ring (bicyclic) bond motifs is 2. The van der Waals surface area contributed by atoms with Crippen LogP contribution in [-0.4, -0.2) is 24.3 Å². The molecule has 7 heteroatoms. The molecule has 2 aliphatic heterocycles. The van der Waals surface area contributed by atoms with Gasteiger partial charge in [-0.2, -0.15) is 0 Å². The summed E-state index contributed by atoms with van der Waals surface area (Å²) in [5.74, 6) is 0.0739. The summed E-state index contributed by atoms with van der Waals surface area (Å²) < 4.78 is 11.7. The number of nitrogens with zero attached hydrogens (tertiary/aromatic N) is 2. The SMILES string of the molecule is [O-]c1ccccc1C1[N-]C2CCCCC2O1.[O-]c1ccccc1C1[N-]C2CCCCC2O1.[Zn+2]. The van der Waals surface area contributed by atoms with Gasteiger partial charge in [0.05, 0.1) is 0 Å². The Balaban J connectivity index is 0.000000152. The molecule has 172 valence electrons. The van der Waals surface area contributed by atoms with Crippen LogP contribution in [0.15, 0.2) is 48.5 Å². The van der Waals surface area contributed by atoms with E-state index in [2.05, 4.69) is 10.6 Å². The summed E-state index contributed by atoms with van der Waals surface area (Å²) in [6.07, 6.45) is 9.19. The fourth-order valence-electron chi connectivity index (χ4n) is 5.24. The predicted octanol–water partition coefficient (Wildman–Crippen LogP) is 4.95. The fraction of sp³-hybridized carbons (Fsp3) is 0.538. The van der Waals surface area contributed by atoms with Gasteiger partial charge in [-0.3, -0.25) is 0 Å². The largest absolute Gasteiger partial charge is 2.00 e. The Morgan fingerprint density at radius 1 is 0.606 bits per heavy atom. The molecule has 2 aliphatic carbocycles. The summed E-state index contributed by atoms with van der Waals surface area (Å²) in [6.45, 7) is 0. The van der Waals surface area contributed by atoms with Crippen LogP contribution in [0.5, 0.6) is 11.5 Å². The number of rotatable bonds is 2. The van der Waals surface area contributed by atoms with Crippen molar-refractivity contribution < 1.29 is 39.2 Å². The molecule has 2 heterocycles. The Labute approximate surface area is 208 Å². The zero-order valence-corrected chi connectivity index (χ0v) is 21.9. The molecule has 2 aromatic carbocycles. The van der Waals surface area contributed by atoms with E-state index >= 15 is 0 Å². The molecule has 2 saturated heterocycles. The molecule has 4 aliphatic rings. The van der Waals surface area contributed by atoms with Crippen LogP contribution >= 0.6 is 0 Å². The molecule has 0 radical (unpaired) electrons. The third kappa shape index (κ3) is 5.60. The number of benzene rings is 2. The van der Waals surface area contributed by atoms with Crippen LogP contribution in [0.25, 0.3) is 10.6 Å². The first-order chi connectivity index (χ1) is 15.7. The zero-order valence-electron chi connectivity index (χ0n) is 19.0. The van der Waals surface area contributed by atoms with Gasteiger partial charge in [-0.15, -0.1) is 23.6 Å². The Kier molecular flexibility index (Phi) is 8.42. The van der Waals surface area contributed by atoms with Crippen molar-refractivity contribution in [2.24, 2.45) is 0 Å². The van der Waals surface area contributed by atoms with Crippen molar-refractivity contribution in [2.75, 3.05) is 0 Å². The Hall–Kier alpha value is -1.50. The van der Waals surface area contributed by atoms with Crippen LogP contribution < -0.4 is 10.2 Å². The van der Waals surface area contributed by atoms with Crippen molar-refractivity contribution >= 4 is 0 Å². The number of para-hydroxylation sites is 2. The molecule has 0 N–H and O–H groups in total. The summed E-state index contributed by atoms with van der Waals surface area (Å²) in [4.78, 5) is 0. The van der Waals surface area contributed by atoms with E-state index in [1.807, 2.05) is 24.3 Å². The number of hydrogen-bond donors (Lipinski definition) is 0. The first-order valence-electron chi connectivity index (χ1n) is 11.9. The van der Waals surface area contributed by atoms with Crippen molar-refractivity contribution in [3.63, 3.8) is 0 Å². The van der Waals surface area contributed by atoms with E-state index in [-0.39, 0.29) is 55.6 Å². The molecular formula is C26H30N2O4Zn-2. The van der Waals surface area contributed by atoms with Gasteiger partial charge in [-0.05, 0) is 36.4 Å².